The number of nitrogens with zero attached hydrogens (tertiary/aromatic N) is 2. The van der Waals surface area contributed by atoms with Crippen LogP contribution in [0.2, 0.25) is 10.0 Å². The third-order valence-electron chi connectivity index (χ3n) is 4.75. The Morgan fingerprint density at radius 1 is 1.00 bits per heavy atom. The summed E-state index contributed by atoms with van der Waals surface area (Å²) in [6.07, 6.45) is 1.61. The van der Waals surface area contributed by atoms with Gasteiger partial charge in [0.25, 0.3) is 11.8 Å². The van der Waals surface area contributed by atoms with Gasteiger partial charge in [0.1, 0.15) is 11.4 Å². The average Bonchev–Trinajstić information content (AvgIpc) is 2.99. The molecule has 0 fully saturated rings. The first-order valence-corrected chi connectivity index (χ1v) is 10.1. The molecule has 2 aromatic carbocycles. The van der Waals surface area contributed by atoms with Crippen LogP contribution in [0.5, 0.6) is 5.75 Å². The summed E-state index contributed by atoms with van der Waals surface area (Å²) in [5, 5.41) is 3.78. The maximum atomic E-state index is 13.3. The first-order valence-electron chi connectivity index (χ1n) is 9.35. The number of halogens is 2. The summed E-state index contributed by atoms with van der Waals surface area (Å²) in [6, 6.07) is 17.2. The van der Waals surface area contributed by atoms with Gasteiger partial charge in [0.2, 0.25) is 0 Å². The van der Waals surface area contributed by atoms with E-state index in [4.69, 9.17) is 27.9 Å². The minimum Gasteiger partial charge on any atom is -0.497 e. The number of carbonyl (C=O) groups is 2. The van der Waals surface area contributed by atoms with Gasteiger partial charge in [-0.15, -0.1) is 0 Å². The molecule has 0 saturated carbocycles. The lowest BCUT2D eigenvalue weighted by Crippen LogP contribution is -2.32. The van der Waals surface area contributed by atoms with E-state index in [-0.39, 0.29) is 22.8 Å². The molecule has 0 spiro atoms. The van der Waals surface area contributed by atoms with Gasteiger partial charge >= 0.3 is 0 Å². The van der Waals surface area contributed by atoms with Crippen molar-refractivity contribution in [1.82, 2.24) is 9.88 Å². The van der Waals surface area contributed by atoms with Gasteiger partial charge in [-0.1, -0.05) is 41.4 Å². The fourth-order valence-electron chi connectivity index (χ4n) is 3.28. The molecule has 1 N–H and O–H groups in total. The molecule has 6 nitrogen and oxygen atoms in total. The maximum absolute atomic E-state index is 13.3. The van der Waals surface area contributed by atoms with Crippen LogP contribution < -0.4 is 10.1 Å². The fourth-order valence-corrected chi connectivity index (χ4v) is 3.78. The SMILES string of the molecule is COc1cccc(NC2=C(c3ccc(Cl)cc3Cl)C(=O)N(Cc3ccccn3)C2=O)c1. The number of benzene rings is 2. The van der Waals surface area contributed by atoms with Gasteiger partial charge in [-0.3, -0.25) is 19.5 Å². The number of amides is 2. The Morgan fingerprint density at radius 2 is 1.84 bits per heavy atom. The second-order valence-corrected chi connectivity index (χ2v) is 7.59. The van der Waals surface area contributed by atoms with Crippen molar-refractivity contribution in [3.63, 3.8) is 0 Å². The molecular weight excluding hydrogens is 437 g/mol. The van der Waals surface area contributed by atoms with E-state index in [0.29, 0.717) is 27.7 Å². The highest BCUT2D eigenvalue weighted by atomic mass is 35.5. The third-order valence-corrected chi connectivity index (χ3v) is 5.30. The summed E-state index contributed by atoms with van der Waals surface area (Å²) >= 11 is 12.4. The molecule has 0 radical (unpaired) electrons. The smallest absolute Gasteiger partial charge is 0.278 e. The Labute approximate surface area is 189 Å². The molecule has 0 aliphatic carbocycles. The molecule has 1 aromatic heterocycles. The Bertz CT molecular complexity index is 1200. The predicted molar refractivity (Wildman–Crippen MR) is 120 cm³/mol. The molecule has 0 unspecified atom stereocenters. The molecular formula is C23H17Cl2N3O3. The molecule has 2 heterocycles. The molecule has 1 aliphatic rings. The number of methoxy groups -OCH3 is 1. The van der Waals surface area contributed by atoms with Crippen molar-refractivity contribution in [2.45, 2.75) is 6.54 Å². The topological polar surface area (TPSA) is 71.5 Å². The van der Waals surface area contributed by atoms with E-state index in [0.717, 1.165) is 4.90 Å². The number of ether oxygens (including phenoxy) is 1. The standard InChI is InChI=1S/C23H17Cl2N3O3/c1-31-17-7-4-6-15(12-17)27-21-20(18-9-8-14(24)11-19(18)25)22(29)28(23(21)30)13-16-5-2-3-10-26-16/h2-12,27H,13H2,1H3. The van der Waals surface area contributed by atoms with Gasteiger partial charge in [-0.2, -0.15) is 0 Å². The Morgan fingerprint density at radius 3 is 2.55 bits per heavy atom. The van der Waals surface area contributed by atoms with E-state index in [1.54, 1.807) is 67.9 Å². The summed E-state index contributed by atoms with van der Waals surface area (Å²) in [5.41, 5.74) is 1.90. The number of hydrogen-bond acceptors (Lipinski definition) is 5. The van der Waals surface area contributed by atoms with Crippen molar-refractivity contribution >= 4 is 46.3 Å². The number of hydrogen-bond donors (Lipinski definition) is 1. The van der Waals surface area contributed by atoms with Crippen LogP contribution in [0.4, 0.5) is 5.69 Å². The van der Waals surface area contributed by atoms with Gasteiger partial charge < -0.3 is 10.1 Å². The predicted octanol–water partition coefficient (Wildman–Crippen LogP) is 4.79. The average molecular weight is 454 g/mol. The van der Waals surface area contributed by atoms with E-state index in [9.17, 15) is 9.59 Å². The Hall–Kier alpha value is -3.35. The van der Waals surface area contributed by atoms with Crippen LogP contribution in [0.3, 0.4) is 0 Å². The minimum absolute atomic E-state index is 0.0382. The van der Waals surface area contributed by atoms with Crippen LogP contribution in [-0.2, 0) is 16.1 Å². The summed E-state index contributed by atoms with van der Waals surface area (Å²) in [6.45, 7) is 0.0382. The molecule has 31 heavy (non-hydrogen) atoms. The molecule has 2 amide bonds. The number of imide groups is 1. The molecule has 156 valence electrons. The second-order valence-electron chi connectivity index (χ2n) is 6.75. The highest BCUT2D eigenvalue weighted by molar-refractivity contribution is 6.41. The molecule has 1 aliphatic heterocycles. The van der Waals surface area contributed by atoms with E-state index in [2.05, 4.69) is 10.3 Å². The number of nitrogens with one attached hydrogen (secondary N) is 1. The summed E-state index contributed by atoms with van der Waals surface area (Å²) in [5.74, 6) is -0.330. The normalized spacial score (nSPS) is 13.7. The zero-order valence-electron chi connectivity index (χ0n) is 16.4. The molecule has 0 atom stereocenters. The lowest BCUT2D eigenvalue weighted by Gasteiger charge is -2.15. The van der Waals surface area contributed by atoms with Crippen LogP contribution in [-0.4, -0.2) is 28.8 Å². The van der Waals surface area contributed by atoms with Crippen LogP contribution in [0.15, 0.2) is 72.6 Å². The highest BCUT2D eigenvalue weighted by Gasteiger charge is 2.40. The van der Waals surface area contributed by atoms with Crippen LogP contribution in [0.1, 0.15) is 11.3 Å². The largest absolute Gasteiger partial charge is 0.497 e. The second kappa shape index (κ2) is 8.79. The van der Waals surface area contributed by atoms with Gasteiger partial charge in [-0.25, -0.2) is 0 Å². The van der Waals surface area contributed by atoms with Crippen molar-refractivity contribution in [2.75, 3.05) is 12.4 Å². The first kappa shape index (κ1) is 20.9. The molecule has 4 rings (SSSR count). The molecule has 8 heteroatoms. The first-order chi connectivity index (χ1) is 15.0. The number of pyridine rings is 1. The number of aromatic nitrogens is 1. The minimum atomic E-state index is -0.473. The fraction of sp³-hybridized carbons (Fsp3) is 0.0870. The van der Waals surface area contributed by atoms with Gasteiger partial charge in [-0.05, 0) is 36.4 Å². The summed E-state index contributed by atoms with van der Waals surface area (Å²) in [4.78, 5) is 32.0. The zero-order valence-corrected chi connectivity index (χ0v) is 17.9. The van der Waals surface area contributed by atoms with E-state index < -0.39 is 11.8 Å². The quantitative estimate of drug-likeness (QED) is 0.543. The lowest BCUT2D eigenvalue weighted by molar-refractivity contribution is -0.137. The van der Waals surface area contributed by atoms with Crippen LogP contribution in [0, 0.1) is 0 Å². The van der Waals surface area contributed by atoms with Crippen LogP contribution >= 0.6 is 23.2 Å². The van der Waals surface area contributed by atoms with Crippen molar-refractivity contribution in [3.8, 4) is 5.75 Å². The number of anilines is 1. The molecule has 0 saturated heterocycles. The summed E-state index contributed by atoms with van der Waals surface area (Å²) in [7, 11) is 1.55. The monoisotopic (exact) mass is 453 g/mol. The van der Waals surface area contributed by atoms with E-state index in [1.165, 1.54) is 6.07 Å². The number of carbonyl (C=O) groups excluding carboxylic acids is 2. The van der Waals surface area contributed by atoms with Crippen molar-refractivity contribution in [2.24, 2.45) is 0 Å². The van der Waals surface area contributed by atoms with Crippen LogP contribution in [0.25, 0.3) is 5.57 Å². The maximum Gasteiger partial charge on any atom is 0.278 e. The molecule has 3 aromatic rings. The van der Waals surface area contributed by atoms with E-state index in [1.807, 2.05) is 0 Å². The van der Waals surface area contributed by atoms with Crippen molar-refractivity contribution < 1.29 is 14.3 Å². The van der Waals surface area contributed by atoms with Gasteiger partial charge in [0.15, 0.2) is 0 Å². The molecule has 0 bridgehead atoms. The summed E-state index contributed by atoms with van der Waals surface area (Å²) < 4.78 is 5.25. The number of rotatable bonds is 6. The third kappa shape index (κ3) is 4.26. The van der Waals surface area contributed by atoms with Crippen molar-refractivity contribution in [1.29, 1.82) is 0 Å². The Balaban J connectivity index is 1.78. The lowest BCUT2D eigenvalue weighted by atomic mass is 10.0. The van der Waals surface area contributed by atoms with Gasteiger partial charge in [0.05, 0.1) is 29.9 Å². The van der Waals surface area contributed by atoms with E-state index >= 15 is 0 Å². The van der Waals surface area contributed by atoms with Gasteiger partial charge in [0, 0.05) is 28.5 Å². The highest BCUT2D eigenvalue weighted by Crippen LogP contribution is 2.36. The van der Waals surface area contributed by atoms with Crippen molar-refractivity contribution in [3.05, 3.63) is 93.9 Å². The Kier molecular flexibility index (Phi) is 5.93. The zero-order chi connectivity index (χ0) is 22.0.